The van der Waals surface area contributed by atoms with Crippen molar-refractivity contribution >= 4 is 15.9 Å². The van der Waals surface area contributed by atoms with E-state index < -0.39 is 6.43 Å². The monoisotopic (exact) mass is 276 g/mol. The number of pyridine rings is 1. The second kappa shape index (κ2) is 5.03. The van der Waals surface area contributed by atoms with E-state index in [1.807, 2.05) is 6.07 Å². The second-order valence-electron chi connectivity index (χ2n) is 2.64. The minimum Gasteiger partial charge on any atom is -0.494 e. The zero-order valence-corrected chi connectivity index (χ0v) is 9.38. The molecule has 0 spiro atoms. The first-order valence-electron chi connectivity index (χ1n) is 3.98. The minimum atomic E-state index is -2.66. The van der Waals surface area contributed by atoms with E-state index in [1.165, 1.54) is 13.2 Å². The van der Waals surface area contributed by atoms with E-state index in [9.17, 15) is 8.78 Å². The van der Waals surface area contributed by atoms with Crippen molar-refractivity contribution in [2.24, 2.45) is 0 Å². The summed E-state index contributed by atoms with van der Waals surface area (Å²) in [5.41, 5.74) is -0.155. The third-order valence-electron chi connectivity index (χ3n) is 1.69. The quantitative estimate of drug-likeness (QED) is 0.853. The molecular formula is C9H7BrF2N2O. The van der Waals surface area contributed by atoms with Gasteiger partial charge in [-0.3, -0.25) is 0 Å². The van der Waals surface area contributed by atoms with Crippen LogP contribution < -0.4 is 4.74 Å². The lowest BCUT2D eigenvalue weighted by molar-refractivity contribution is 0.145. The average Bonchev–Trinajstić information content (AvgIpc) is 2.17. The normalized spacial score (nSPS) is 10.1. The lowest BCUT2D eigenvalue weighted by Gasteiger charge is -2.09. The summed E-state index contributed by atoms with van der Waals surface area (Å²) in [5.74, 6) is 0.320. The van der Waals surface area contributed by atoms with Crippen LogP contribution in [0.25, 0.3) is 0 Å². The average molecular weight is 277 g/mol. The number of nitriles is 1. The Morgan fingerprint density at radius 3 is 2.80 bits per heavy atom. The summed E-state index contributed by atoms with van der Waals surface area (Å²) in [4.78, 5) is 3.67. The van der Waals surface area contributed by atoms with Gasteiger partial charge >= 0.3 is 0 Å². The van der Waals surface area contributed by atoms with E-state index in [-0.39, 0.29) is 17.8 Å². The van der Waals surface area contributed by atoms with E-state index in [0.29, 0.717) is 10.2 Å². The van der Waals surface area contributed by atoms with Crippen molar-refractivity contribution < 1.29 is 13.5 Å². The fraction of sp³-hybridized carbons (Fsp3) is 0.333. The predicted octanol–water partition coefficient (Wildman–Crippen LogP) is 2.86. The molecule has 0 N–H and O–H groups in total. The molecule has 1 aromatic rings. The lowest BCUT2D eigenvalue weighted by Crippen LogP contribution is -2.00. The maximum atomic E-state index is 12.4. The molecule has 0 fully saturated rings. The van der Waals surface area contributed by atoms with Crippen molar-refractivity contribution in [1.82, 2.24) is 4.98 Å². The summed E-state index contributed by atoms with van der Waals surface area (Å²) in [6.07, 6.45) is -2.73. The van der Waals surface area contributed by atoms with Crippen LogP contribution in [-0.4, -0.2) is 12.1 Å². The highest BCUT2D eigenvalue weighted by molar-refractivity contribution is 9.10. The highest BCUT2D eigenvalue weighted by Crippen LogP contribution is 2.31. The molecule has 0 radical (unpaired) electrons. The standard InChI is InChI=1S/C9H7BrF2N2O/c1-15-8-5(10)4-7(9(11)12)14-6(8)2-3-13/h4,9H,2H2,1H3. The fourth-order valence-electron chi connectivity index (χ4n) is 1.09. The maximum absolute atomic E-state index is 12.4. The van der Waals surface area contributed by atoms with Crippen molar-refractivity contribution in [2.45, 2.75) is 12.8 Å². The Hall–Kier alpha value is -1.22. The Kier molecular flexibility index (Phi) is 3.97. The predicted molar refractivity (Wildman–Crippen MR) is 52.8 cm³/mol. The molecule has 0 saturated carbocycles. The summed E-state index contributed by atoms with van der Waals surface area (Å²) in [6, 6.07) is 3.03. The van der Waals surface area contributed by atoms with Gasteiger partial charge in [-0.25, -0.2) is 13.8 Å². The number of nitrogens with zero attached hydrogens (tertiary/aromatic N) is 2. The Morgan fingerprint density at radius 2 is 2.33 bits per heavy atom. The molecule has 0 saturated heterocycles. The van der Waals surface area contributed by atoms with E-state index >= 15 is 0 Å². The Morgan fingerprint density at radius 1 is 1.67 bits per heavy atom. The number of ether oxygens (including phenoxy) is 1. The van der Waals surface area contributed by atoms with Crippen LogP contribution >= 0.6 is 15.9 Å². The fourth-order valence-corrected chi connectivity index (χ4v) is 1.72. The Labute approximate surface area is 93.8 Å². The highest BCUT2D eigenvalue weighted by atomic mass is 79.9. The minimum absolute atomic E-state index is 0.0671. The molecule has 1 rings (SSSR count). The van der Waals surface area contributed by atoms with Gasteiger partial charge in [0.2, 0.25) is 0 Å². The van der Waals surface area contributed by atoms with Gasteiger partial charge < -0.3 is 4.74 Å². The molecule has 1 aromatic heterocycles. The number of rotatable bonds is 3. The van der Waals surface area contributed by atoms with Gasteiger partial charge in [0, 0.05) is 0 Å². The van der Waals surface area contributed by atoms with Crippen LogP contribution in [0.15, 0.2) is 10.5 Å². The molecule has 15 heavy (non-hydrogen) atoms. The van der Waals surface area contributed by atoms with E-state index in [0.717, 1.165) is 0 Å². The molecule has 0 atom stereocenters. The maximum Gasteiger partial charge on any atom is 0.280 e. The molecule has 80 valence electrons. The molecule has 0 amide bonds. The largest absolute Gasteiger partial charge is 0.494 e. The summed E-state index contributed by atoms with van der Waals surface area (Å²) in [5, 5.41) is 8.51. The second-order valence-corrected chi connectivity index (χ2v) is 3.50. The van der Waals surface area contributed by atoms with Gasteiger partial charge in [0.25, 0.3) is 6.43 Å². The van der Waals surface area contributed by atoms with Gasteiger partial charge in [0.05, 0.1) is 29.8 Å². The molecule has 0 aliphatic rings. The number of aromatic nitrogens is 1. The van der Waals surface area contributed by atoms with Crippen molar-refractivity contribution in [1.29, 1.82) is 5.26 Å². The Bertz CT molecular complexity index is 404. The van der Waals surface area contributed by atoms with Crippen molar-refractivity contribution in [3.8, 4) is 11.8 Å². The van der Waals surface area contributed by atoms with Gasteiger partial charge in [-0.1, -0.05) is 0 Å². The van der Waals surface area contributed by atoms with Crippen molar-refractivity contribution in [3.05, 3.63) is 21.9 Å². The lowest BCUT2D eigenvalue weighted by atomic mass is 10.2. The van der Waals surface area contributed by atoms with Crippen molar-refractivity contribution in [3.63, 3.8) is 0 Å². The van der Waals surface area contributed by atoms with Crippen LogP contribution in [0.5, 0.6) is 5.75 Å². The van der Waals surface area contributed by atoms with Crippen LogP contribution in [0.2, 0.25) is 0 Å². The third kappa shape index (κ3) is 2.63. The van der Waals surface area contributed by atoms with Crippen molar-refractivity contribution in [2.75, 3.05) is 7.11 Å². The Balaban J connectivity index is 3.26. The molecule has 0 aliphatic heterocycles. The molecule has 0 aliphatic carbocycles. The number of hydrogen-bond acceptors (Lipinski definition) is 3. The smallest absolute Gasteiger partial charge is 0.280 e. The highest BCUT2D eigenvalue weighted by Gasteiger charge is 2.16. The first-order chi connectivity index (χ1) is 7.10. The molecule has 1 heterocycles. The molecular weight excluding hydrogens is 270 g/mol. The number of hydrogen-bond donors (Lipinski definition) is 0. The van der Waals surface area contributed by atoms with Crippen LogP contribution in [0.3, 0.4) is 0 Å². The summed E-state index contributed by atoms with van der Waals surface area (Å²) in [7, 11) is 1.39. The zero-order chi connectivity index (χ0) is 11.4. The van der Waals surface area contributed by atoms with Gasteiger partial charge in [-0.2, -0.15) is 5.26 Å². The van der Waals surface area contributed by atoms with Crippen LogP contribution in [-0.2, 0) is 6.42 Å². The molecule has 0 aromatic carbocycles. The zero-order valence-electron chi connectivity index (χ0n) is 7.80. The van der Waals surface area contributed by atoms with Gasteiger partial charge in [0.1, 0.15) is 5.69 Å². The number of alkyl halides is 2. The van der Waals surface area contributed by atoms with Gasteiger partial charge in [-0.15, -0.1) is 0 Å². The SMILES string of the molecule is COc1c(Br)cc(C(F)F)nc1CC#N. The summed E-state index contributed by atoms with van der Waals surface area (Å²) in [6.45, 7) is 0. The molecule has 3 nitrogen and oxygen atoms in total. The number of halogens is 3. The van der Waals surface area contributed by atoms with Crippen LogP contribution in [0, 0.1) is 11.3 Å². The molecule has 0 bridgehead atoms. The first-order valence-corrected chi connectivity index (χ1v) is 4.77. The van der Waals surface area contributed by atoms with E-state index in [4.69, 9.17) is 10.00 Å². The van der Waals surface area contributed by atoms with Gasteiger partial charge in [-0.05, 0) is 22.0 Å². The number of methoxy groups -OCH3 is 1. The topological polar surface area (TPSA) is 45.9 Å². The summed E-state index contributed by atoms with van der Waals surface area (Å²) < 4.78 is 30.1. The molecule has 0 unspecified atom stereocenters. The van der Waals surface area contributed by atoms with E-state index in [1.54, 1.807) is 0 Å². The summed E-state index contributed by atoms with van der Waals surface area (Å²) >= 11 is 3.09. The third-order valence-corrected chi connectivity index (χ3v) is 2.28. The van der Waals surface area contributed by atoms with Crippen LogP contribution in [0.4, 0.5) is 8.78 Å². The van der Waals surface area contributed by atoms with Gasteiger partial charge in [0.15, 0.2) is 5.75 Å². The first kappa shape index (κ1) is 11.9. The van der Waals surface area contributed by atoms with Crippen LogP contribution in [0.1, 0.15) is 17.8 Å². The molecule has 6 heteroatoms. The van der Waals surface area contributed by atoms with E-state index in [2.05, 4.69) is 20.9 Å².